The minimum Gasteiger partial charge on any atom is -0.315 e. The number of likely N-dealkylation sites (N-methyl/N-ethyl adjacent to an activating group) is 1. The number of carbonyl (C=O) groups is 1. The molecule has 0 spiro atoms. The molecule has 1 saturated heterocycles. The molecule has 1 aromatic rings. The molecule has 0 saturated carbocycles. The summed E-state index contributed by atoms with van der Waals surface area (Å²) in [7, 11) is 1.85. The molecule has 0 unspecified atom stereocenters. The lowest BCUT2D eigenvalue weighted by molar-refractivity contribution is -0.117. The molecule has 2 aliphatic heterocycles. The van der Waals surface area contributed by atoms with Gasteiger partial charge in [0.2, 0.25) is 5.91 Å². The molecule has 3 nitrogen and oxygen atoms in total. The molecule has 0 aliphatic carbocycles. The van der Waals surface area contributed by atoms with Crippen molar-refractivity contribution < 1.29 is 4.79 Å². The van der Waals surface area contributed by atoms with Gasteiger partial charge in [0.15, 0.2) is 0 Å². The number of nitrogens with zero attached hydrogens (tertiary/aromatic N) is 2. The normalized spacial score (nSPS) is 20.8. The van der Waals surface area contributed by atoms with Gasteiger partial charge in [0.1, 0.15) is 0 Å². The van der Waals surface area contributed by atoms with Crippen LogP contribution in [0.1, 0.15) is 29.9 Å². The molecule has 1 radical (unpaired) electrons. The van der Waals surface area contributed by atoms with Crippen molar-refractivity contribution in [3.8, 4) is 0 Å². The highest BCUT2D eigenvalue weighted by Crippen LogP contribution is 2.33. The van der Waals surface area contributed by atoms with E-state index in [9.17, 15) is 4.79 Å². The summed E-state index contributed by atoms with van der Waals surface area (Å²) < 4.78 is 0. The van der Waals surface area contributed by atoms with E-state index >= 15 is 0 Å². The van der Waals surface area contributed by atoms with Gasteiger partial charge < -0.3 is 4.90 Å². The van der Waals surface area contributed by atoms with E-state index in [2.05, 4.69) is 23.5 Å². The smallest absolute Gasteiger partial charge is 0.231 e. The molecule has 0 bridgehead atoms. The van der Waals surface area contributed by atoms with E-state index in [1.807, 2.05) is 7.05 Å². The lowest BCUT2D eigenvalue weighted by Gasteiger charge is -2.22. The van der Waals surface area contributed by atoms with Crippen LogP contribution in [0.25, 0.3) is 0 Å². The molecular formula is C14H17N2O. The topological polar surface area (TPSA) is 34.4 Å². The third-order valence-corrected chi connectivity index (χ3v) is 3.92. The summed E-state index contributed by atoms with van der Waals surface area (Å²) in [5.41, 5.74) is 3.67. The molecule has 1 fully saturated rings. The number of fused-ring (bicyclic) bond motifs is 1. The second-order valence-corrected chi connectivity index (χ2v) is 4.96. The molecule has 2 heterocycles. The summed E-state index contributed by atoms with van der Waals surface area (Å²) in [5, 5.41) is 4.39. The van der Waals surface area contributed by atoms with Crippen LogP contribution in [0.4, 0.5) is 5.69 Å². The highest BCUT2D eigenvalue weighted by atomic mass is 16.2. The van der Waals surface area contributed by atoms with Crippen molar-refractivity contribution in [1.82, 2.24) is 5.32 Å². The van der Waals surface area contributed by atoms with Gasteiger partial charge in [0.25, 0.3) is 0 Å². The Morgan fingerprint density at radius 2 is 2.06 bits per heavy atom. The minimum atomic E-state index is 0.204. The number of carbonyl (C=O) groups excluding carboxylic acids is 1. The fourth-order valence-electron chi connectivity index (χ4n) is 2.83. The third kappa shape index (κ3) is 1.84. The average Bonchev–Trinajstić information content (AvgIpc) is 2.66. The van der Waals surface area contributed by atoms with Crippen LogP contribution >= 0.6 is 0 Å². The number of anilines is 1. The zero-order valence-corrected chi connectivity index (χ0v) is 10.1. The van der Waals surface area contributed by atoms with Gasteiger partial charge in [-0.1, -0.05) is 12.1 Å². The highest BCUT2D eigenvalue weighted by Gasteiger charge is 2.25. The number of hydrogen-bond acceptors (Lipinski definition) is 1. The van der Waals surface area contributed by atoms with E-state index in [0.717, 1.165) is 31.6 Å². The van der Waals surface area contributed by atoms with Crippen molar-refractivity contribution in [1.29, 1.82) is 0 Å². The van der Waals surface area contributed by atoms with E-state index < -0.39 is 0 Å². The van der Waals surface area contributed by atoms with Crippen molar-refractivity contribution in [2.45, 2.75) is 25.2 Å². The summed E-state index contributed by atoms with van der Waals surface area (Å²) in [4.78, 5) is 13.4. The van der Waals surface area contributed by atoms with Gasteiger partial charge in [0.05, 0.1) is 6.42 Å². The summed E-state index contributed by atoms with van der Waals surface area (Å²) in [6.07, 6.45) is 2.88. The standard InChI is InChI=1S/C14H17N2O/c1-16-13-3-2-11(8-12(13)9-14(16)17)10-4-6-15-7-5-10/h2-3,8,10H,4-7,9H2,1H3. The fraction of sp³-hybridized carbons (Fsp3) is 0.500. The third-order valence-electron chi connectivity index (χ3n) is 3.92. The first kappa shape index (κ1) is 10.8. The van der Waals surface area contributed by atoms with E-state index in [1.54, 1.807) is 4.90 Å². The first-order chi connectivity index (χ1) is 8.25. The number of piperidine rings is 1. The maximum absolute atomic E-state index is 11.6. The number of benzene rings is 1. The number of hydrogen-bond donors (Lipinski definition) is 0. The number of rotatable bonds is 1. The molecule has 17 heavy (non-hydrogen) atoms. The maximum atomic E-state index is 11.6. The van der Waals surface area contributed by atoms with Crippen LogP contribution in [0.2, 0.25) is 0 Å². The zero-order chi connectivity index (χ0) is 11.8. The Labute approximate surface area is 102 Å². The Hall–Kier alpha value is -1.35. The van der Waals surface area contributed by atoms with E-state index in [4.69, 9.17) is 0 Å². The van der Waals surface area contributed by atoms with Crippen molar-refractivity contribution in [2.24, 2.45) is 0 Å². The fourth-order valence-corrected chi connectivity index (χ4v) is 2.83. The predicted molar refractivity (Wildman–Crippen MR) is 67.4 cm³/mol. The van der Waals surface area contributed by atoms with Crippen molar-refractivity contribution in [3.63, 3.8) is 0 Å². The minimum absolute atomic E-state index is 0.204. The van der Waals surface area contributed by atoms with Crippen LogP contribution in [0, 0.1) is 0 Å². The Kier molecular flexibility index (Phi) is 2.63. The lowest BCUT2D eigenvalue weighted by atomic mass is 9.89. The van der Waals surface area contributed by atoms with Gasteiger partial charge >= 0.3 is 0 Å². The van der Waals surface area contributed by atoms with Gasteiger partial charge in [-0.15, -0.1) is 0 Å². The largest absolute Gasteiger partial charge is 0.315 e. The van der Waals surface area contributed by atoms with Crippen LogP contribution in [0.15, 0.2) is 18.2 Å². The Bertz CT molecular complexity index is 450. The molecular weight excluding hydrogens is 212 g/mol. The quantitative estimate of drug-likeness (QED) is 0.721. The molecule has 0 N–H and O–H groups in total. The molecule has 3 heteroatoms. The van der Waals surface area contributed by atoms with Gasteiger partial charge in [-0.25, -0.2) is 5.32 Å². The van der Waals surface area contributed by atoms with Crippen molar-refractivity contribution in [3.05, 3.63) is 29.3 Å². The van der Waals surface area contributed by atoms with E-state index in [0.29, 0.717) is 12.3 Å². The SMILES string of the molecule is CN1C(=O)Cc2cc(C3CC[N]CC3)ccc21. The average molecular weight is 229 g/mol. The molecule has 1 amide bonds. The van der Waals surface area contributed by atoms with Crippen LogP contribution in [-0.2, 0) is 11.2 Å². The maximum Gasteiger partial charge on any atom is 0.231 e. The van der Waals surface area contributed by atoms with Crippen molar-refractivity contribution in [2.75, 3.05) is 25.0 Å². The van der Waals surface area contributed by atoms with Gasteiger partial charge in [-0.05, 0) is 36.0 Å². The lowest BCUT2D eigenvalue weighted by Crippen LogP contribution is -2.21. The van der Waals surface area contributed by atoms with Crippen molar-refractivity contribution >= 4 is 11.6 Å². The van der Waals surface area contributed by atoms with Crippen LogP contribution in [0.3, 0.4) is 0 Å². The van der Waals surface area contributed by atoms with Crippen LogP contribution < -0.4 is 10.2 Å². The second-order valence-electron chi connectivity index (χ2n) is 4.96. The van der Waals surface area contributed by atoms with E-state index in [1.165, 1.54) is 11.1 Å². The Balaban J connectivity index is 1.89. The Morgan fingerprint density at radius 1 is 1.29 bits per heavy atom. The zero-order valence-electron chi connectivity index (χ0n) is 10.1. The molecule has 0 aromatic heterocycles. The molecule has 1 aromatic carbocycles. The predicted octanol–water partition coefficient (Wildman–Crippen LogP) is 1.69. The summed E-state index contributed by atoms with van der Waals surface area (Å²) in [5.74, 6) is 0.842. The summed E-state index contributed by atoms with van der Waals surface area (Å²) in [6.45, 7) is 1.97. The second kappa shape index (κ2) is 4.15. The van der Waals surface area contributed by atoms with E-state index in [-0.39, 0.29) is 5.91 Å². The molecule has 0 atom stereocenters. The monoisotopic (exact) mass is 229 g/mol. The van der Waals surface area contributed by atoms with Gasteiger partial charge in [-0.3, -0.25) is 4.79 Å². The molecule has 3 rings (SSSR count). The summed E-state index contributed by atoms with van der Waals surface area (Å²) in [6, 6.07) is 6.51. The van der Waals surface area contributed by atoms with Crippen LogP contribution in [-0.4, -0.2) is 26.0 Å². The van der Waals surface area contributed by atoms with Crippen LogP contribution in [0.5, 0.6) is 0 Å². The van der Waals surface area contributed by atoms with Gasteiger partial charge in [-0.2, -0.15) is 0 Å². The first-order valence-corrected chi connectivity index (χ1v) is 6.28. The molecule has 2 aliphatic rings. The first-order valence-electron chi connectivity index (χ1n) is 6.28. The number of amides is 1. The molecule has 89 valence electrons. The summed E-state index contributed by atoms with van der Waals surface area (Å²) >= 11 is 0. The highest BCUT2D eigenvalue weighted by molar-refractivity contribution is 6.00. The van der Waals surface area contributed by atoms with Gasteiger partial charge in [0, 0.05) is 25.8 Å². The Morgan fingerprint density at radius 3 is 2.82 bits per heavy atom.